The summed E-state index contributed by atoms with van der Waals surface area (Å²) in [4.78, 5) is 17.6. The number of rotatable bonds is 4. The molecule has 112 valence electrons. The third-order valence-electron chi connectivity index (χ3n) is 3.08. The molecular formula is C16H13BrN2O2S. The summed E-state index contributed by atoms with van der Waals surface area (Å²) < 4.78 is 6.64. The van der Waals surface area contributed by atoms with E-state index in [0.29, 0.717) is 23.9 Å². The zero-order chi connectivity index (χ0) is 15.5. The van der Waals surface area contributed by atoms with Gasteiger partial charge in [0.1, 0.15) is 5.76 Å². The Morgan fingerprint density at radius 3 is 2.73 bits per heavy atom. The molecule has 1 N–H and O–H groups in total. The van der Waals surface area contributed by atoms with Crippen molar-refractivity contribution in [2.75, 3.05) is 0 Å². The van der Waals surface area contributed by atoms with E-state index < -0.39 is 0 Å². The van der Waals surface area contributed by atoms with Crippen molar-refractivity contribution >= 4 is 33.2 Å². The third kappa shape index (κ3) is 3.28. The van der Waals surface area contributed by atoms with Crippen LogP contribution in [-0.2, 0) is 6.54 Å². The molecule has 1 aromatic carbocycles. The summed E-state index contributed by atoms with van der Waals surface area (Å²) in [6, 6.07) is 13.5. The Morgan fingerprint density at radius 1 is 1.27 bits per heavy atom. The van der Waals surface area contributed by atoms with Gasteiger partial charge in [0.05, 0.1) is 10.3 Å². The topological polar surface area (TPSA) is 55.1 Å². The van der Waals surface area contributed by atoms with Gasteiger partial charge in [-0.25, -0.2) is 4.98 Å². The normalized spacial score (nSPS) is 10.6. The number of carbonyl (C=O) groups is 1. The van der Waals surface area contributed by atoms with Crippen molar-refractivity contribution in [3.05, 3.63) is 62.6 Å². The average molecular weight is 377 g/mol. The van der Waals surface area contributed by atoms with E-state index in [-0.39, 0.29) is 5.91 Å². The third-order valence-corrected chi connectivity index (χ3v) is 4.71. The van der Waals surface area contributed by atoms with E-state index in [9.17, 15) is 4.79 Å². The molecule has 6 heteroatoms. The molecule has 0 saturated heterocycles. The maximum atomic E-state index is 12.2. The standard InChI is InChI=1S/C16H13BrN2O2S/c1-10-14(15(20)18-9-12-7-8-13(17)22-12)19-16(21-10)11-5-3-2-4-6-11/h2-8H,9H2,1H3,(H,18,20). The Kier molecular flexibility index (Phi) is 4.40. The molecule has 0 atom stereocenters. The molecule has 0 saturated carbocycles. The molecule has 0 aliphatic carbocycles. The second-order valence-electron chi connectivity index (χ2n) is 4.68. The van der Waals surface area contributed by atoms with E-state index in [2.05, 4.69) is 26.2 Å². The molecule has 2 aromatic heterocycles. The van der Waals surface area contributed by atoms with Gasteiger partial charge < -0.3 is 9.73 Å². The molecule has 0 spiro atoms. The van der Waals surface area contributed by atoms with E-state index in [4.69, 9.17) is 4.42 Å². The van der Waals surface area contributed by atoms with Crippen molar-refractivity contribution in [2.45, 2.75) is 13.5 Å². The number of hydrogen-bond acceptors (Lipinski definition) is 4. The predicted octanol–water partition coefficient (Wildman–Crippen LogP) is 4.40. The number of aryl methyl sites for hydroxylation is 1. The second-order valence-corrected chi connectivity index (χ2v) is 7.23. The summed E-state index contributed by atoms with van der Waals surface area (Å²) in [6.07, 6.45) is 0. The van der Waals surface area contributed by atoms with Crippen molar-refractivity contribution in [2.24, 2.45) is 0 Å². The Hall–Kier alpha value is -1.92. The Balaban J connectivity index is 1.74. The number of carbonyl (C=O) groups excluding carboxylic acids is 1. The molecule has 0 unspecified atom stereocenters. The molecular weight excluding hydrogens is 364 g/mol. The monoisotopic (exact) mass is 376 g/mol. The average Bonchev–Trinajstić information content (AvgIpc) is 3.12. The minimum atomic E-state index is -0.229. The van der Waals surface area contributed by atoms with E-state index in [0.717, 1.165) is 14.2 Å². The highest BCUT2D eigenvalue weighted by molar-refractivity contribution is 9.11. The lowest BCUT2D eigenvalue weighted by Gasteiger charge is -2.00. The Bertz CT molecular complexity index is 796. The molecule has 2 heterocycles. The fourth-order valence-corrected chi connectivity index (χ4v) is 3.43. The summed E-state index contributed by atoms with van der Waals surface area (Å²) >= 11 is 4.99. The van der Waals surface area contributed by atoms with Crippen LogP contribution in [0.1, 0.15) is 21.1 Å². The zero-order valence-corrected chi connectivity index (χ0v) is 14.2. The molecule has 0 aliphatic heterocycles. The van der Waals surface area contributed by atoms with Gasteiger partial charge in [0.15, 0.2) is 5.69 Å². The van der Waals surface area contributed by atoms with Crippen LogP contribution in [0.4, 0.5) is 0 Å². The fraction of sp³-hybridized carbons (Fsp3) is 0.125. The molecule has 3 rings (SSSR count). The lowest BCUT2D eigenvalue weighted by molar-refractivity contribution is 0.0945. The number of nitrogens with zero attached hydrogens (tertiary/aromatic N) is 1. The van der Waals surface area contributed by atoms with Crippen LogP contribution in [0.25, 0.3) is 11.5 Å². The van der Waals surface area contributed by atoms with Gasteiger partial charge in [-0.1, -0.05) is 18.2 Å². The van der Waals surface area contributed by atoms with Crippen LogP contribution in [0.5, 0.6) is 0 Å². The lowest BCUT2D eigenvalue weighted by atomic mass is 10.2. The molecule has 0 radical (unpaired) electrons. The highest BCUT2D eigenvalue weighted by Gasteiger charge is 2.17. The van der Waals surface area contributed by atoms with Crippen molar-refractivity contribution in [3.63, 3.8) is 0 Å². The lowest BCUT2D eigenvalue weighted by Crippen LogP contribution is -2.23. The number of benzene rings is 1. The van der Waals surface area contributed by atoms with Crippen molar-refractivity contribution in [1.82, 2.24) is 10.3 Å². The number of oxazole rings is 1. The molecule has 0 bridgehead atoms. The molecule has 1 amide bonds. The van der Waals surface area contributed by atoms with Gasteiger partial charge >= 0.3 is 0 Å². The van der Waals surface area contributed by atoms with Gasteiger partial charge in [-0.05, 0) is 47.1 Å². The van der Waals surface area contributed by atoms with E-state index in [1.165, 1.54) is 0 Å². The van der Waals surface area contributed by atoms with Crippen molar-refractivity contribution in [1.29, 1.82) is 0 Å². The number of halogens is 1. The minimum absolute atomic E-state index is 0.229. The molecule has 0 fully saturated rings. The van der Waals surface area contributed by atoms with Crippen LogP contribution in [0.15, 0.2) is 50.7 Å². The number of aromatic nitrogens is 1. The Labute approximate surface area is 140 Å². The number of amides is 1. The van der Waals surface area contributed by atoms with Gasteiger partial charge in [-0.3, -0.25) is 4.79 Å². The maximum Gasteiger partial charge on any atom is 0.273 e. The maximum absolute atomic E-state index is 12.2. The van der Waals surface area contributed by atoms with Crippen LogP contribution >= 0.6 is 27.3 Å². The van der Waals surface area contributed by atoms with Crippen LogP contribution in [-0.4, -0.2) is 10.9 Å². The molecule has 3 aromatic rings. The van der Waals surface area contributed by atoms with Crippen LogP contribution in [0.2, 0.25) is 0 Å². The minimum Gasteiger partial charge on any atom is -0.441 e. The number of hydrogen-bond donors (Lipinski definition) is 1. The summed E-state index contributed by atoms with van der Waals surface area (Å²) in [5.41, 5.74) is 1.18. The van der Waals surface area contributed by atoms with Gasteiger partial charge in [0, 0.05) is 10.4 Å². The first-order valence-electron chi connectivity index (χ1n) is 6.69. The second kappa shape index (κ2) is 6.46. The highest BCUT2D eigenvalue weighted by Crippen LogP contribution is 2.23. The zero-order valence-electron chi connectivity index (χ0n) is 11.8. The summed E-state index contributed by atoms with van der Waals surface area (Å²) in [5.74, 6) is 0.749. The Morgan fingerprint density at radius 2 is 2.05 bits per heavy atom. The van der Waals surface area contributed by atoms with Crippen LogP contribution < -0.4 is 5.32 Å². The van der Waals surface area contributed by atoms with Crippen molar-refractivity contribution < 1.29 is 9.21 Å². The number of thiophene rings is 1. The highest BCUT2D eigenvalue weighted by atomic mass is 79.9. The number of nitrogens with one attached hydrogen (secondary N) is 1. The first-order chi connectivity index (χ1) is 10.6. The molecule has 4 nitrogen and oxygen atoms in total. The molecule has 0 aliphatic rings. The molecule has 22 heavy (non-hydrogen) atoms. The summed E-state index contributed by atoms with van der Waals surface area (Å²) in [6.45, 7) is 2.22. The van der Waals surface area contributed by atoms with Gasteiger partial charge in [-0.2, -0.15) is 0 Å². The van der Waals surface area contributed by atoms with E-state index >= 15 is 0 Å². The fourth-order valence-electron chi connectivity index (χ4n) is 2.01. The van der Waals surface area contributed by atoms with Gasteiger partial charge in [0.25, 0.3) is 5.91 Å². The van der Waals surface area contributed by atoms with Crippen LogP contribution in [0, 0.1) is 6.92 Å². The van der Waals surface area contributed by atoms with Gasteiger partial charge in [0.2, 0.25) is 5.89 Å². The van der Waals surface area contributed by atoms with E-state index in [1.807, 2.05) is 42.5 Å². The first-order valence-corrected chi connectivity index (χ1v) is 8.29. The first kappa shape index (κ1) is 15.0. The quantitative estimate of drug-likeness (QED) is 0.733. The van der Waals surface area contributed by atoms with Gasteiger partial charge in [-0.15, -0.1) is 11.3 Å². The largest absolute Gasteiger partial charge is 0.441 e. The summed E-state index contributed by atoms with van der Waals surface area (Å²) in [5, 5.41) is 2.86. The van der Waals surface area contributed by atoms with Crippen LogP contribution in [0.3, 0.4) is 0 Å². The van der Waals surface area contributed by atoms with E-state index in [1.54, 1.807) is 18.3 Å². The van der Waals surface area contributed by atoms with Crippen molar-refractivity contribution in [3.8, 4) is 11.5 Å². The predicted molar refractivity (Wildman–Crippen MR) is 89.9 cm³/mol. The smallest absolute Gasteiger partial charge is 0.273 e. The SMILES string of the molecule is Cc1oc(-c2ccccc2)nc1C(=O)NCc1ccc(Br)s1. The summed E-state index contributed by atoms with van der Waals surface area (Å²) in [7, 11) is 0.